The Labute approximate surface area is 145 Å². The van der Waals surface area contributed by atoms with E-state index >= 15 is 0 Å². The second kappa shape index (κ2) is 6.97. The van der Waals surface area contributed by atoms with Crippen molar-refractivity contribution in [3.05, 3.63) is 54.9 Å². The van der Waals surface area contributed by atoms with Gasteiger partial charge >= 0.3 is 0 Å². The number of amides is 1. The van der Waals surface area contributed by atoms with Crippen molar-refractivity contribution in [2.75, 3.05) is 24.3 Å². The molecule has 0 unspecified atom stereocenters. The van der Waals surface area contributed by atoms with E-state index in [1.807, 2.05) is 85.2 Å². The predicted octanol–water partition coefficient (Wildman–Crippen LogP) is 3.52. The fraction of sp³-hybridized carbons (Fsp3) is 0.222. The summed E-state index contributed by atoms with van der Waals surface area (Å²) in [7, 11) is 3.97. The molecule has 0 aliphatic carbocycles. The van der Waals surface area contributed by atoms with Crippen molar-refractivity contribution in [3.8, 4) is 0 Å². The Balaban J connectivity index is 1.66. The summed E-state index contributed by atoms with van der Waals surface area (Å²) >= 11 is 1.45. The van der Waals surface area contributed by atoms with E-state index in [2.05, 4.69) is 10.3 Å². The van der Waals surface area contributed by atoms with Crippen LogP contribution in [-0.2, 0) is 4.79 Å². The number of rotatable bonds is 5. The zero-order valence-corrected chi connectivity index (χ0v) is 14.7. The highest BCUT2D eigenvalue weighted by atomic mass is 32.2. The second-order valence-electron chi connectivity index (χ2n) is 5.73. The van der Waals surface area contributed by atoms with Crippen molar-refractivity contribution >= 4 is 34.6 Å². The van der Waals surface area contributed by atoms with Crippen LogP contribution >= 0.6 is 11.8 Å². The topological polar surface area (TPSA) is 49.6 Å². The molecule has 0 aliphatic rings. The van der Waals surface area contributed by atoms with E-state index in [0.29, 0.717) is 0 Å². The van der Waals surface area contributed by atoms with Gasteiger partial charge in [0, 0.05) is 31.7 Å². The Bertz CT molecular complexity index is 842. The van der Waals surface area contributed by atoms with Crippen LogP contribution in [-0.4, -0.2) is 34.6 Å². The summed E-state index contributed by atoms with van der Waals surface area (Å²) in [5.74, 6) is -0.0368. The normalized spacial score (nSPS) is 12.1. The van der Waals surface area contributed by atoms with Gasteiger partial charge in [-0.15, -0.1) is 0 Å². The predicted molar refractivity (Wildman–Crippen MR) is 99.9 cm³/mol. The van der Waals surface area contributed by atoms with Crippen molar-refractivity contribution in [2.45, 2.75) is 17.3 Å². The van der Waals surface area contributed by atoms with E-state index in [-0.39, 0.29) is 11.2 Å². The Morgan fingerprint density at radius 1 is 1.21 bits per heavy atom. The lowest BCUT2D eigenvalue weighted by molar-refractivity contribution is -0.115. The molecule has 2 heterocycles. The zero-order chi connectivity index (χ0) is 17.1. The number of carbonyl (C=O) groups is 1. The second-order valence-corrected chi connectivity index (χ2v) is 7.03. The smallest absolute Gasteiger partial charge is 0.237 e. The number of anilines is 2. The molecule has 2 aromatic heterocycles. The molecule has 1 aromatic carbocycles. The molecule has 5 nitrogen and oxygen atoms in total. The van der Waals surface area contributed by atoms with E-state index in [4.69, 9.17) is 0 Å². The SMILES string of the molecule is C[C@@H](Sc1ncc2ccccn12)C(=O)Nc1ccc(N(C)C)cc1. The molecular formula is C18H20N4OS. The number of imidazole rings is 1. The summed E-state index contributed by atoms with van der Waals surface area (Å²) in [5, 5.41) is 3.52. The van der Waals surface area contributed by atoms with Gasteiger partial charge in [0.15, 0.2) is 5.16 Å². The van der Waals surface area contributed by atoms with E-state index in [1.165, 1.54) is 11.8 Å². The van der Waals surface area contributed by atoms with Gasteiger partial charge in [0.25, 0.3) is 0 Å². The van der Waals surface area contributed by atoms with Crippen LogP contribution in [0.4, 0.5) is 11.4 Å². The van der Waals surface area contributed by atoms with Crippen LogP contribution in [0.15, 0.2) is 60.0 Å². The van der Waals surface area contributed by atoms with Gasteiger partial charge in [-0.2, -0.15) is 0 Å². The number of hydrogen-bond acceptors (Lipinski definition) is 4. The number of benzene rings is 1. The van der Waals surface area contributed by atoms with Crippen LogP contribution in [0, 0.1) is 0 Å². The summed E-state index contributed by atoms with van der Waals surface area (Å²) in [5.41, 5.74) is 2.91. The van der Waals surface area contributed by atoms with E-state index in [0.717, 1.165) is 22.0 Å². The number of fused-ring (bicyclic) bond motifs is 1. The first kappa shape index (κ1) is 16.4. The number of thioether (sulfide) groups is 1. The van der Waals surface area contributed by atoms with Crippen LogP contribution in [0.5, 0.6) is 0 Å². The van der Waals surface area contributed by atoms with Crippen molar-refractivity contribution < 1.29 is 4.79 Å². The fourth-order valence-electron chi connectivity index (χ4n) is 2.30. The summed E-state index contributed by atoms with van der Waals surface area (Å²) < 4.78 is 1.99. The molecule has 3 rings (SSSR count). The standard InChI is InChI=1S/C18H20N4OS/c1-13(24-18-19-12-16-6-4-5-11-22(16)18)17(23)20-14-7-9-15(10-8-14)21(2)3/h4-13H,1-3H3,(H,20,23)/t13-/m1/s1. The lowest BCUT2D eigenvalue weighted by Gasteiger charge is -2.14. The van der Waals surface area contributed by atoms with Crippen molar-refractivity contribution in [1.29, 1.82) is 0 Å². The molecular weight excluding hydrogens is 320 g/mol. The highest BCUT2D eigenvalue weighted by Gasteiger charge is 2.17. The lowest BCUT2D eigenvalue weighted by Crippen LogP contribution is -2.22. The van der Waals surface area contributed by atoms with Crippen molar-refractivity contribution in [1.82, 2.24) is 9.38 Å². The number of carbonyl (C=O) groups excluding carboxylic acids is 1. The van der Waals surface area contributed by atoms with Gasteiger partial charge in [0.05, 0.1) is 17.0 Å². The number of nitrogens with zero attached hydrogens (tertiary/aromatic N) is 3. The van der Waals surface area contributed by atoms with Crippen molar-refractivity contribution in [2.24, 2.45) is 0 Å². The molecule has 24 heavy (non-hydrogen) atoms. The minimum absolute atomic E-state index is 0.0368. The van der Waals surface area contributed by atoms with Crippen LogP contribution in [0.3, 0.4) is 0 Å². The maximum Gasteiger partial charge on any atom is 0.237 e. The Hall–Kier alpha value is -2.47. The lowest BCUT2D eigenvalue weighted by atomic mass is 10.2. The molecule has 0 bridgehead atoms. The van der Waals surface area contributed by atoms with E-state index in [9.17, 15) is 4.79 Å². The summed E-state index contributed by atoms with van der Waals surface area (Å²) in [6.07, 6.45) is 3.77. The minimum atomic E-state index is -0.246. The average Bonchev–Trinajstić information content (AvgIpc) is 2.98. The van der Waals surface area contributed by atoms with Gasteiger partial charge in [0.2, 0.25) is 5.91 Å². The summed E-state index contributed by atoms with van der Waals surface area (Å²) in [4.78, 5) is 18.8. The quantitative estimate of drug-likeness (QED) is 0.722. The molecule has 124 valence electrons. The largest absolute Gasteiger partial charge is 0.378 e. The minimum Gasteiger partial charge on any atom is -0.378 e. The van der Waals surface area contributed by atoms with Gasteiger partial charge < -0.3 is 10.2 Å². The number of aromatic nitrogens is 2. The van der Waals surface area contributed by atoms with Crippen LogP contribution in [0.2, 0.25) is 0 Å². The van der Waals surface area contributed by atoms with Crippen molar-refractivity contribution in [3.63, 3.8) is 0 Å². The fourth-order valence-corrected chi connectivity index (χ4v) is 3.18. The third kappa shape index (κ3) is 3.54. The van der Waals surface area contributed by atoms with Gasteiger partial charge in [-0.3, -0.25) is 9.20 Å². The third-order valence-electron chi connectivity index (χ3n) is 3.71. The van der Waals surface area contributed by atoms with E-state index < -0.39 is 0 Å². The molecule has 6 heteroatoms. The van der Waals surface area contributed by atoms with Gasteiger partial charge in [-0.1, -0.05) is 17.8 Å². The monoisotopic (exact) mass is 340 g/mol. The Morgan fingerprint density at radius 3 is 2.67 bits per heavy atom. The molecule has 0 saturated carbocycles. The maximum atomic E-state index is 12.4. The van der Waals surface area contributed by atoms with Gasteiger partial charge in [-0.05, 0) is 43.3 Å². The summed E-state index contributed by atoms with van der Waals surface area (Å²) in [6, 6.07) is 13.7. The third-order valence-corrected chi connectivity index (χ3v) is 4.79. The Morgan fingerprint density at radius 2 is 1.96 bits per heavy atom. The molecule has 1 atom stereocenters. The highest BCUT2D eigenvalue weighted by molar-refractivity contribution is 8.00. The first-order valence-electron chi connectivity index (χ1n) is 7.71. The molecule has 0 radical (unpaired) electrons. The molecule has 0 fully saturated rings. The van der Waals surface area contributed by atoms with Crippen LogP contribution < -0.4 is 10.2 Å². The molecule has 1 N–H and O–H groups in total. The van der Waals surface area contributed by atoms with Gasteiger partial charge in [-0.25, -0.2) is 4.98 Å². The number of nitrogens with one attached hydrogen (secondary N) is 1. The Kier molecular flexibility index (Phi) is 4.76. The molecule has 0 saturated heterocycles. The van der Waals surface area contributed by atoms with Crippen LogP contribution in [0.1, 0.15) is 6.92 Å². The molecule has 0 spiro atoms. The molecule has 1 amide bonds. The summed E-state index contributed by atoms with van der Waals surface area (Å²) in [6.45, 7) is 1.89. The highest BCUT2D eigenvalue weighted by Crippen LogP contribution is 2.24. The molecule has 0 aliphatic heterocycles. The first-order valence-corrected chi connectivity index (χ1v) is 8.59. The average molecular weight is 340 g/mol. The van der Waals surface area contributed by atoms with E-state index in [1.54, 1.807) is 0 Å². The van der Waals surface area contributed by atoms with Gasteiger partial charge in [0.1, 0.15) is 0 Å². The van der Waals surface area contributed by atoms with Crippen LogP contribution in [0.25, 0.3) is 5.52 Å². The first-order chi connectivity index (χ1) is 11.5. The maximum absolute atomic E-state index is 12.4. The zero-order valence-electron chi connectivity index (χ0n) is 13.9. The number of hydrogen-bond donors (Lipinski definition) is 1. The number of pyridine rings is 1. The molecule has 3 aromatic rings.